The molecule has 0 aliphatic carbocycles. The van der Waals surface area contributed by atoms with Crippen LogP contribution in [0.3, 0.4) is 0 Å². The summed E-state index contributed by atoms with van der Waals surface area (Å²) in [5, 5.41) is 1.05. The van der Waals surface area contributed by atoms with Gasteiger partial charge in [-0.2, -0.15) is 4.57 Å². The molecule has 0 fully saturated rings. The van der Waals surface area contributed by atoms with Gasteiger partial charge in [0.2, 0.25) is 0 Å². The zero-order valence-corrected chi connectivity index (χ0v) is 27.1. The van der Waals surface area contributed by atoms with Crippen LogP contribution in [0.15, 0.2) is 109 Å². The largest absolute Gasteiger partial charge is 0.297 e. The number of fused-ring (bicyclic) bond motifs is 2. The highest BCUT2D eigenvalue weighted by molar-refractivity contribution is 7.21. The van der Waals surface area contributed by atoms with Gasteiger partial charge in [0, 0.05) is 16.7 Å². The average Bonchev–Trinajstić information content (AvgIpc) is 3.60. The van der Waals surface area contributed by atoms with Crippen LogP contribution in [0.1, 0.15) is 56.2 Å². The van der Waals surface area contributed by atoms with Gasteiger partial charge in [0.25, 0.3) is 5.82 Å². The van der Waals surface area contributed by atoms with E-state index in [4.69, 9.17) is 4.98 Å². The third-order valence-corrected chi connectivity index (χ3v) is 9.84. The minimum absolute atomic E-state index is 0.325. The maximum absolute atomic E-state index is 5.33. The summed E-state index contributed by atoms with van der Waals surface area (Å²) in [5.74, 6) is 1.81. The van der Waals surface area contributed by atoms with Gasteiger partial charge in [-0.1, -0.05) is 107 Å². The molecule has 0 spiro atoms. The van der Waals surface area contributed by atoms with Crippen molar-refractivity contribution < 1.29 is 4.57 Å². The van der Waals surface area contributed by atoms with Crippen molar-refractivity contribution >= 4 is 32.6 Å². The topological polar surface area (TPSA) is 21.7 Å². The van der Waals surface area contributed by atoms with Gasteiger partial charge < -0.3 is 0 Å². The number of imidazole rings is 1. The van der Waals surface area contributed by atoms with Crippen molar-refractivity contribution in [2.45, 2.75) is 46.5 Å². The van der Waals surface area contributed by atoms with Crippen LogP contribution < -0.4 is 4.57 Å². The molecular weight excluding hydrogens is 555 g/mol. The second-order valence-corrected chi connectivity index (χ2v) is 13.4. The van der Waals surface area contributed by atoms with Gasteiger partial charge in [-0.05, 0) is 65.8 Å². The highest BCUT2D eigenvalue weighted by Crippen LogP contribution is 2.42. The first-order valence-electron chi connectivity index (χ1n) is 15.5. The van der Waals surface area contributed by atoms with E-state index >= 15 is 0 Å². The fourth-order valence-electron chi connectivity index (χ4n) is 6.52. The third kappa shape index (κ3) is 4.65. The number of para-hydroxylation sites is 2. The third-order valence-electron chi connectivity index (χ3n) is 8.77. The summed E-state index contributed by atoms with van der Waals surface area (Å²) in [5.41, 5.74) is 13.6. The van der Waals surface area contributed by atoms with E-state index in [-0.39, 0.29) is 0 Å². The lowest BCUT2D eigenvalue weighted by molar-refractivity contribution is -0.633. The zero-order valence-electron chi connectivity index (χ0n) is 26.3. The predicted molar refractivity (Wildman–Crippen MR) is 187 cm³/mol. The average molecular weight is 593 g/mol. The summed E-state index contributed by atoms with van der Waals surface area (Å²) in [6.45, 7) is 11.5. The smallest absolute Gasteiger partial charge is 0.235 e. The number of hydrogen-bond donors (Lipinski definition) is 0. The number of aromatic nitrogens is 3. The number of benzene rings is 5. The first kappa shape index (κ1) is 28.2. The Morgan fingerprint density at radius 2 is 1.27 bits per heavy atom. The highest BCUT2D eigenvalue weighted by Gasteiger charge is 2.33. The molecule has 2 heterocycles. The minimum atomic E-state index is 0.325. The molecule has 4 heteroatoms. The molecular formula is C40H38N3S+. The lowest BCUT2D eigenvalue weighted by atomic mass is 9.88. The molecule has 0 amide bonds. The molecule has 0 saturated heterocycles. The van der Waals surface area contributed by atoms with Gasteiger partial charge in [0.15, 0.2) is 11.0 Å². The Bertz CT molecular complexity index is 2100. The van der Waals surface area contributed by atoms with Crippen LogP contribution in [0.5, 0.6) is 0 Å². The molecule has 7 rings (SSSR count). The van der Waals surface area contributed by atoms with E-state index in [1.54, 1.807) is 11.3 Å². The highest BCUT2D eigenvalue weighted by atomic mass is 32.1. The van der Waals surface area contributed by atoms with Crippen molar-refractivity contribution in [2.24, 2.45) is 7.05 Å². The van der Waals surface area contributed by atoms with Crippen LogP contribution >= 0.6 is 11.3 Å². The Morgan fingerprint density at radius 3 is 1.91 bits per heavy atom. The Kier molecular flexibility index (Phi) is 7.18. The molecule has 0 bridgehead atoms. The van der Waals surface area contributed by atoms with Gasteiger partial charge in [-0.25, -0.2) is 9.55 Å². The first-order chi connectivity index (χ1) is 21.3. The van der Waals surface area contributed by atoms with Crippen LogP contribution in [0.25, 0.3) is 60.0 Å². The monoisotopic (exact) mass is 592 g/mol. The van der Waals surface area contributed by atoms with E-state index in [0.29, 0.717) is 11.8 Å². The summed E-state index contributed by atoms with van der Waals surface area (Å²) < 4.78 is 6.12. The molecule has 7 aromatic rings. The maximum atomic E-state index is 5.33. The van der Waals surface area contributed by atoms with Gasteiger partial charge in [0.05, 0.1) is 22.8 Å². The lowest BCUT2D eigenvalue weighted by Gasteiger charge is -2.21. The Hall–Kier alpha value is -4.54. The van der Waals surface area contributed by atoms with Crippen molar-refractivity contribution in [3.05, 3.63) is 126 Å². The van der Waals surface area contributed by atoms with Gasteiger partial charge in [-0.3, -0.25) is 0 Å². The molecule has 0 unspecified atom stereocenters. The van der Waals surface area contributed by atoms with Crippen molar-refractivity contribution in [1.29, 1.82) is 0 Å². The van der Waals surface area contributed by atoms with Gasteiger partial charge in [-0.15, -0.1) is 11.3 Å². The molecule has 44 heavy (non-hydrogen) atoms. The van der Waals surface area contributed by atoms with Crippen LogP contribution in [-0.2, 0) is 7.05 Å². The van der Waals surface area contributed by atoms with Crippen LogP contribution in [0.2, 0.25) is 0 Å². The predicted octanol–water partition coefficient (Wildman–Crippen LogP) is 10.6. The number of aryl methyl sites for hydroxylation is 2. The van der Waals surface area contributed by atoms with Crippen molar-refractivity contribution in [2.75, 3.05) is 0 Å². The van der Waals surface area contributed by atoms with E-state index in [9.17, 15) is 0 Å². The second-order valence-electron chi connectivity index (χ2n) is 12.4. The zero-order chi connectivity index (χ0) is 30.5. The van der Waals surface area contributed by atoms with Crippen molar-refractivity contribution in [1.82, 2.24) is 9.55 Å². The van der Waals surface area contributed by atoms with E-state index in [1.165, 1.54) is 54.8 Å². The van der Waals surface area contributed by atoms with E-state index in [2.05, 4.69) is 160 Å². The summed E-state index contributed by atoms with van der Waals surface area (Å²) >= 11 is 1.77. The summed E-state index contributed by atoms with van der Waals surface area (Å²) in [6.07, 6.45) is 0. The number of thiazole rings is 1. The Labute approximate surface area is 264 Å². The van der Waals surface area contributed by atoms with E-state index < -0.39 is 0 Å². The SMILES string of the molecule is Cc1ccc2sc(-c3ccccc3)nc2c1-c1n(-c2c(C(C)C)cc(-c3ccccc3)cc2C(C)C)c2ccccc2[n+]1C. The molecule has 218 valence electrons. The molecule has 5 aromatic carbocycles. The fourth-order valence-corrected chi connectivity index (χ4v) is 7.50. The second kappa shape index (κ2) is 11.2. The lowest BCUT2D eigenvalue weighted by Crippen LogP contribution is -2.30. The van der Waals surface area contributed by atoms with Gasteiger partial charge in [0.1, 0.15) is 10.7 Å². The first-order valence-corrected chi connectivity index (χ1v) is 16.3. The molecule has 2 aromatic heterocycles. The molecule has 0 N–H and O–H groups in total. The van der Waals surface area contributed by atoms with Crippen molar-refractivity contribution in [3.63, 3.8) is 0 Å². The molecule has 0 aliphatic heterocycles. The normalized spacial score (nSPS) is 11.8. The molecule has 3 nitrogen and oxygen atoms in total. The Balaban J connectivity index is 1.60. The van der Waals surface area contributed by atoms with E-state index in [0.717, 1.165) is 21.9 Å². The van der Waals surface area contributed by atoms with Crippen LogP contribution in [0.4, 0.5) is 0 Å². The van der Waals surface area contributed by atoms with E-state index in [1.807, 2.05) is 0 Å². The fraction of sp³-hybridized carbons (Fsp3) is 0.200. The minimum Gasteiger partial charge on any atom is -0.235 e. The summed E-state index contributed by atoms with van der Waals surface area (Å²) in [4.78, 5) is 5.33. The maximum Gasteiger partial charge on any atom is 0.297 e. The summed E-state index contributed by atoms with van der Waals surface area (Å²) in [6, 6.07) is 39.5. The van der Waals surface area contributed by atoms with Crippen molar-refractivity contribution in [3.8, 4) is 38.8 Å². The van der Waals surface area contributed by atoms with Crippen LogP contribution in [-0.4, -0.2) is 9.55 Å². The molecule has 0 radical (unpaired) electrons. The quantitative estimate of drug-likeness (QED) is 0.176. The van der Waals surface area contributed by atoms with Crippen LogP contribution in [0, 0.1) is 6.92 Å². The standard InChI is InChI=1S/C40H38N3S/c1-25(2)31-23-30(28-15-9-7-10-16-28)24-32(26(3)4)38(31)43-34-20-14-13-19-33(34)42(6)40(43)36-27(5)21-22-35-37(36)41-39(44-35)29-17-11-8-12-18-29/h7-26H,1-6H3/q+1. The molecule has 0 aliphatic rings. The number of nitrogens with zero attached hydrogens (tertiary/aromatic N) is 3. The number of rotatable bonds is 6. The number of hydrogen-bond acceptors (Lipinski definition) is 2. The molecule has 0 saturated carbocycles. The Morgan fingerprint density at radius 1 is 0.682 bits per heavy atom. The van der Waals surface area contributed by atoms with Gasteiger partial charge >= 0.3 is 0 Å². The summed E-state index contributed by atoms with van der Waals surface area (Å²) in [7, 11) is 2.21. The molecule has 0 atom stereocenters.